The van der Waals surface area contributed by atoms with Crippen LogP contribution in [0.15, 0.2) is 83.3 Å². The minimum atomic E-state index is 0.143. The standard InChI is InChI=1S/C20H14BrN/c21-19-13-15(14-22)11-12-18(19)20(16-7-3-1-4-8-16)17-9-5-2-6-10-17/h1-13,20H. The van der Waals surface area contributed by atoms with Crippen molar-refractivity contribution in [3.05, 3.63) is 106 Å². The van der Waals surface area contributed by atoms with Crippen molar-refractivity contribution in [2.24, 2.45) is 0 Å². The third-order valence-corrected chi connectivity index (χ3v) is 4.39. The zero-order valence-corrected chi connectivity index (χ0v) is 13.5. The number of halogens is 1. The summed E-state index contributed by atoms with van der Waals surface area (Å²) in [5.74, 6) is 0.143. The van der Waals surface area contributed by atoms with E-state index in [1.54, 1.807) is 0 Å². The number of hydrogen-bond acceptors (Lipinski definition) is 1. The molecule has 3 rings (SSSR count). The first kappa shape index (κ1) is 14.6. The van der Waals surface area contributed by atoms with Gasteiger partial charge in [-0.15, -0.1) is 0 Å². The lowest BCUT2D eigenvalue weighted by Crippen LogP contribution is -2.04. The Labute approximate surface area is 139 Å². The van der Waals surface area contributed by atoms with Crippen molar-refractivity contribution >= 4 is 15.9 Å². The molecule has 0 saturated carbocycles. The summed E-state index contributed by atoms with van der Waals surface area (Å²) in [5, 5.41) is 9.05. The molecule has 0 aromatic heterocycles. The van der Waals surface area contributed by atoms with Crippen molar-refractivity contribution in [3.63, 3.8) is 0 Å². The van der Waals surface area contributed by atoms with Crippen LogP contribution in [0.4, 0.5) is 0 Å². The van der Waals surface area contributed by atoms with Gasteiger partial charge in [-0.1, -0.05) is 82.7 Å². The molecule has 0 N–H and O–H groups in total. The van der Waals surface area contributed by atoms with Crippen molar-refractivity contribution in [1.29, 1.82) is 5.26 Å². The van der Waals surface area contributed by atoms with Gasteiger partial charge in [-0.2, -0.15) is 5.26 Å². The largest absolute Gasteiger partial charge is 0.192 e. The first-order chi connectivity index (χ1) is 10.8. The summed E-state index contributed by atoms with van der Waals surface area (Å²) in [7, 11) is 0. The molecule has 1 nitrogen and oxygen atoms in total. The van der Waals surface area contributed by atoms with Crippen molar-refractivity contribution in [3.8, 4) is 6.07 Å². The Kier molecular flexibility index (Phi) is 4.37. The summed E-state index contributed by atoms with van der Waals surface area (Å²) in [4.78, 5) is 0. The summed E-state index contributed by atoms with van der Waals surface area (Å²) in [5.41, 5.74) is 4.30. The first-order valence-corrected chi connectivity index (χ1v) is 7.88. The molecule has 0 fully saturated rings. The van der Waals surface area contributed by atoms with Gasteiger partial charge in [-0.3, -0.25) is 0 Å². The third-order valence-electron chi connectivity index (χ3n) is 3.71. The lowest BCUT2D eigenvalue weighted by atomic mass is 9.85. The zero-order valence-electron chi connectivity index (χ0n) is 11.9. The van der Waals surface area contributed by atoms with E-state index >= 15 is 0 Å². The van der Waals surface area contributed by atoms with Gasteiger partial charge < -0.3 is 0 Å². The molecule has 3 aromatic carbocycles. The second-order valence-corrected chi connectivity index (χ2v) is 5.96. The lowest BCUT2D eigenvalue weighted by Gasteiger charge is -2.20. The molecule has 0 atom stereocenters. The fourth-order valence-corrected chi connectivity index (χ4v) is 3.28. The Morgan fingerprint density at radius 1 is 0.773 bits per heavy atom. The van der Waals surface area contributed by atoms with Crippen LogP contribution in [-0.2, 0) is 0 Å². The molecular formula is C20H14BrN. The van der Waals surface area contributed by atoms with E-state index in [1.165, 1.54) is 11.1 Å². The predicted octanol–water partition coefficient (Wildman–Crippen LogP) is 5.50. The lowest BCUT2D eigenvalue weighted by molar-refractivity contribution is 0.969. The van der Waals surface area contributed by atoms with E-state index < -0.39 is 0 Å². The molecule has 22 heavy (non-hydrogen) atoms. The summed E-state index contributed by atoms with van der Waals surface area (Å²) in [6.07, 6.45) is 0. The maximum atomic E-state index is 9.05. The van der Waals surface area contributed by atoms with E-state index in [-0.39, 0.29) is 5.92 Å². The fraction of sp³-hybridized carbons (Fsp3) is 0.0500. The highest BCUT2D eigenvalue weighted by atomic mass is 79.9. The topological polar surface area (TPSA) is 23.8 Å². The number of hydrogen-bond donors (Lipinski definition) is 0. The quantitative estimate of drug-likeness (QED) is 0.573. The summed E-state index contributed by atoms with van der Waals surface area (Å²) in [6, 6.07) is 28.8. The molecule has 0 heterocycles. The highest BCUT2D eigenvalue weighted by Crippen LogP contribution is 2.36. The SMILES string of the molecule is N#Cc1ccc(C(c2ccccc2)c2ccccc2)c(Br)c1. The van der Waals surface area contributed by atoms with Crippen LogP contribution in [0.25, 0.3) is 0 Å². The van der Waals surface area contributed by atoms with Crippen LogP contribution < -0.4 is 0 Å². The van der Waals surface area contributed by atoms with Crippen LogP contribution in [0, 0.1) is 11.3 Å². The minimum Gasteiger partial charge on any atom is -0.192 e. The second kappa shape index (κ2) is 6.60. The van der Waals surface area contributed by atoms with Gasteiger partial charge in [-0.05, 0) is 28.8 Å². The van der Waals surface area contributed by atoms with Crippen LogP contribution >= 0.6 is 15.9 Å². The molecule has 0 aliphatic heterocycles. The maximum Gasteiger partial charge on any atom is 0.0992 e. The van der Waals surface area contributed by atoms with Gasteiger partial charge in [0, 0.05) is 10.4 Å². The fourth-order valence-electron chi connectivity index (χ4n) is 2.67. The van der Waals surface area contributed by atoms with Crippen LogP contribution in [-0.4, -0.2) is 0 Å². The van der Waals surface area contributed by atoms with Crippen molar-refractivity contribution < 1.29 is 0 Å². The average Bonchev–Trinajstić information content (AvgIpc) is 2.58. The Bertz CT molecular complexity index is 765. The van der Waals surface area contributed by atoms with Crippen LogP contribution in [0.1, 0.15) is 28.2 Å². The van der Waals surface area contributed by atoms with E-state index in [1.807, 2.05) is 30.3 Å². The van der Waals surface area contributed by atoms with E-state index in [4.69, 9.17) is 5.26 Å². The van der Waals surface area contributed by atoms with Gasteiger partial charge in [-0.25, -0.2) is 0 Å². The smallest absolute Gasteiger partial charge is 0.0992 e. The number of nitriles is 1. The summed E-state index contributed by atoms with van der Waals surface area (Å²) >= 11 is 3.63. The molecule has 0 unspecified atom stereocenters. The predicted molar refractivity (Wildman–Crippen MR) is 92.7 cm³/mol. The first-order valence-electron chi connectivity index (χ1n) is 7.09. The summed E-state index contributed by atoms with van der Waals surface area (Å²) in [6.45, 7) is 0. The third kappa shape index (κ3) is 2.95. The molecule has 2 heteroatoms. The van der Waals surface area contributed by atoms with Gasteiger partial charge in [0.05, 0.1) is 11.6 Å². The van der Waals surface area contributed by atoms with Gasteiger partial charge in [0.2, 0.25) is 0 Å². The molecule has 0 aliphatic rings. The van der Waals surface area contributed by atoms with Crippen LogP contribution in [0.2, 0.25) is 0 Å². The van der Waals surface area contributed by atoms with E-state index in [9.17, 15) is 0 Å². The highest BCUT2D eigenvalue weighted by molar-refractivity contribution is 9.10. The van der Waals surface area contributed by atoms with E-state index in [0.29, 0.717) is 5.56 Å². The summed E-state index contributed by atoms with van der Waals surface area (Å²) < 4.78 is 0.962. The Morgan fingerprint density at radius 2 is 1.32 bits per heavy atom. The second-order valence-electron chi connectivity index (χ2n) is 5.10. The Hall–Kier alpha value is -2.37. The number of rotatable bonds is 3. The number of benzene rings is 3. The normalized spacial score (nSPS) is 10.4. The molecule has 3 aromatic rings. The van der Waals surface area contributed by atoms with Crippen molar-refractivity contribution in [1.82, 2.24) is 0 Å². The number of nitrogens with zero attached hydrogens (tertiary/aromatic N) is 1. The highest BCUT2D eigenvalue weighted by Gasteiger charge is 2.19. The molecule has 0 bridgehead atoms. The molecule has 0 saturated heterocycles. The van der Waals surface area contributed by atoms with Gasteiger partial charge in [0.1, 0.15) is 0 Å². The van der Waals surface area contributed by atoms with Gasteiger partial charge in [0.15, 0.2) is 0 Å². The van der Waals surface area contributed by atoms with E-state index in [2.05, 4.69) is 70.5 Å². The van der Waals surface area contributed by atoms with Gasteiger partial charge >= 0.3 is 0 Å². The average molecular weight is 348 g/mol. The molecule has 0 radical (unpaired) electrons. The minimum absolute atomic E-state index is 0.143. The van der Waals surface area contributed by atoms with Crippen LogP contribution in [0.5, 0.6) is 0 Å². The molecule has 0 spiro atoms. The zero-order chi connectivity index (χ0) is 15.4. The molecular weight excluding hydrogens is 334 g/mol. The van der Waals surface area contributed by atoms with Gasteiger partial charge in [0.25, 0.3) is 0 Å². The molecule has 106 valence electrons. The molecule has 0 amide bonds. The molecule has 0 aliphatic carbocycles. The van der Waals surface area contributed by atoms with E-state index in [0.717, 1.165) is 10.0 Å². The Morgan fingerprint density at radius 3 is 1.77 bits per heavy atom. The van der Waals surface area contributed by atoms with Crippen LogP contribution in [0.3, 0.4) is 0 Å². The van der Waals surface area contributed by atoms with Crippen molar-refractivity contribution in [2.75, 3.05) is 0 Å². The Balaban J connectivity index is 2.17. The van der Waals surface area contributed by atoms with Crippen molar-refractivity contribution in [2.45, 2.75) is 5.92 Å². The maximum absolute atomic E-state index is 9.05. The monoisotopic (exact) mass is 347 g/mol.